The molecule has 5 nitrogen and oxygen atoms in total. The molecule has 0 spiro atoms. The van der Waals surface area contributed by atoms with Gasteiger partial charge in [0.2, 0.25) is 0 Å². The first-order valence-corrected chi connectivity index (χ1v) is 7.64. The van der Waals surface area contributed by atoms with Crippen molar-refractivity contribution in [2.75, 3.05) is 37.6 Å². The fraction of sp³-hybridized carbons (Fsp3) is 0.625. The summed E-state index contributed by atoms with van der Waals surface area (Å²) >= 11 is 0. The lowest BCUT2D eigenvalue weighted by molar-refractivity contribution is 0.0919. The maximum absolute atomic E-state index is 12.2. The van der Waals surface area contributed by atoms with Gasteiger partial charge in [0.15, 0.2) is 0 Å². The third-order valence-electron chi connectivity index (χ3n) is 3.66. The van der Waals surface area contributed by atoms with Crippen LogP contribution in [-0.4, -0.2) is 54.1 Å². The van der Waals surface area contributed by atoms with Crippen molar-refractivity contribution in [3.8, 4) is 0 Å². The van der Waals surface area contributed by atoms with Crippen LogP contribution in [0.25, 0.3) is 0 Å². The Kier molecular flexibility index (Phi) is 4.83. The SMILES string of the molecule is CCN1CCN(c2cncc(C(=O)NC(C)(C)C)c2)CC1. The minimum absolute atomic E-state index is 0.0657. The molecular formula is C16H26N4O. The summed E-state index contributed by atoms with van der Waals surface area (Å²) in [6, 6.07) is 1.94. The second-order valence-electron chi connectivity index (χ2n) is 6.56. The van der Waals surface area contributed by atoms with Crippen molar-refractivity contribution in [3.63, 3.8) is 0 Å². The summed E-state index contributed by atoms with van der Waals surface area (Å²) in [4.78, 5) is 21.2. The van der Waals surface area contributed by atoms with E-state index >= 15 is 0 Å². The maximum atomic E-state index is 12.2. The first-order chi connectivity index (χ1) is 9.89. The van der Waals surface area contributed by atoms with E-state index < -0.39 is 0 Å². The van der Waals surface area contributed by atoms with Gasteiger partial charge in [-0.2, -0.15) is 0 Å². The molecule has 2 rings (SSSR count). The summed E-state index contributed by atoms with van der Waals surface area (Å²) in [6.45, 7) is 13.3. The smallest absolute Gasteiger partial charge is 0.253 e. The van der Waals surface area contributed by atoms with E-state index in [4.69, 9.17) is 0 Å². The van der Waals surface area contributed by atoms with Crippen molar-refractivity contribution < 1.29 is 4.79 Å². The number of carbonyl (C=O) groups excluding carboxylic acids is 1. The largest absolute Gasteiger partial charge is 0.368 e. The average Bonchev–Trinajstić information content (AvgIpc) is 2.46. The first kappa shape index (κ1) is 15.8. The average molecular weight is 290 g/mol. The third-order valence-corrected chi connectivity index (χ3v) is 3.66. The number of nitrogens with zero attached hydrogens (tertiary/aromatic N) is 3. The predicted molar refractivity (Wildman–Crippen MR) is 85.8 cm³/mol. The van der Waals surface area contributed by atoms with Crippen LogP contribution < -0.4 is 10.2 Å². The molecule has 21 heavy (non-hydrogen) atoms. The number of hydrogen-bond donors (Lipinski definition) is 1. The van der Waals surface area contributed by atoms with Crippen LogP contribution in [0.1, 0.15) is 38.1 Å². The lowest BCUT2D eigenvalue weighted by Crippen LogP contribution is -2.46. The van der Waals surface area contributed by atoms with Gasteiger partial charge in [-0.15, -0.1) is 0 Å². The van der Waals surface area contributed by atoms with E-state index in [1.807, 2.05) is 33.0 Å². The zero-order chi connectivity index (χ0) is 15.5. The Labute approximate surface area is 127 Å². The molecule has 1 aliphatic heterocycles. The van der Waals surface area contributed by atoms with Crippen LogP contribution in [0.5, 0.6) is 0 Å². The van der Waals surface area contributed by atoms with Crippen molar-refractivity contribution in [1.82, 2.24) is 15.2 Å². The van der Waals surface area contributed by atoms with E-state index in [9.17, 15) is 4.79 Å². The number of likely N-dealkylation sites (N-methyl/N-ethyl adjacent to an activating group) is 1. The Morgan fingerprint density at radius 2 is 1.90 bits per heavy atom. The van der Waals surface area contributed by atoms with E-state index in [1.165, 1.54) is 0 Å². The van der Waals surface area contributed by atoms with Gasteiger partial charge in [0.05, 0.1) is 17.4 Å². The Morgan fingerprint density at radius 1 is 1.24 bits per heavy atom. The number of anilines is 1. The predicted octanol–water partition coefficient (Wildman–Crippen LogP) is 1.75. The summed E-state index contributed by atoms with van der Waals surface area (Å²) in [7, 11) is 0. The van der Waals surface area contributed by atoms with Crippen LogP contribution >= 0.6 is 0 Å². The molecule has 1 aliphatic rings. The fourth-order valence-corrected chi connectivity index (χ4v) is 2.46. The van der Waals surface area contributed by atoms with Crippen LogP contribution in [-0.2, 0) is 0 Å². The van der Waals surface area contributed by atoms with Crippen molar-refractivity contribution >= 4 is 11.6 Å². The lowest BCUT2D eigenvalue weighted by Gasteiger charge is -2.35. The number of nitrogens with one attached hydrogen (secondary N) is 1. The summed E-state index contributed by atoms with van der Waals surface area (Å²) < 4.78 is 0. The molecule has 1 saturated heterocycles. The molecule has 1 aromatic rings. The quantitative estimate of drug-likeness (QED) is 0.921. The summed E-state index contributed by atoms with van der Waals surface area (Å²) in [5.74, 6) is -0.0657. The van der Waals surface area contributed by atoms with Gasteiger partial charge < -0.3 is 15.1 Å². The summed E-state index contributed by atoms with van der Waals surface area (Å²) in [5.41, 5.74) is 1.42. The minimum atomic E-state index is -0.236. The van der Waals surface area contributed by atoms with Crippen molar-refractivity contribution in [2.24, 2.45) is 0 Å². The molecule has 2 heterocycles. The number of hydrogen-bond acceptors (Lipinski definition) is 4. The van der Waals surface area contributed by atoms with E-state index in [0.29, 0.717) is 5.56 Å². The Bertz CT molecular complexity index is 487. The molecule has 1 amide bonds. The van der Waals surface area contributed by atoms with Gasteiger partial charge in [0.1, 0.15) is 0 Å². The molecule has 0 unspecified atom stereocenters. The van der Waals surface area contributed by atoms with Crippen molar-refractivity contribution in [1.29, 1.82) is 0 Å². The maximum Gasteiger partial charge on any atom is 0.253 e. The molecule has 0 bridgehead atoms. The molecule has 116 valence electrons. The van der Waals surface area contributed by atoms with Gasteiger partial charge in [0, 0.05) is 37.9 Å². The first-order valence-electron chi connectivity index (χ1n) is 7.64. The molecule has 5 heteroatoms. The second-order valence-corrected chi connectivity index (χ2v) is 6.56. The molecule has 1 aromatic heterocycles. The van der Waals surface area contributed by atoms with E-state index in [0.717, 1.165) is 38.4 Å². The summed E-state index contributed by atoms with van der Waals surface area (Å²) in [5, 5.41) is 2.98. The highest BCUT2D eigenvalue weighted by molar-refractivity contribution is 5.95. The highest BCUT2D eigenvalue weighted by Crippen LogP contribution is 2.17. The normalized spacial score (nSPS) is 16.9. The number of pyridine rings is 1. The van der Waals surface area contributed by atoms with Gasteiger partial charge in [-0.3, -0.25) is 9.78 Å². The number of piperazine rings is 1. The van der Waals surface area contributed by atoms with Gasteiger partial charge in [-0.1, -0.05) is 6.92 Å². The van der Waals surface area contributed by atoms with E-state index in [1.54, 1.807) is 6.20 Å². The fourth-order valence-electron chi connectivity index (χ4n) is 2.46. The Hall–Kier alpha value is -1.62. The molecule has 1 fully saturated rings. The van der Waals surface area contributed by atoms with Crippen LogP contribution in [0, 0.1) is 0 Å². The minimum Gasteiger partial charge on any atom is -0.368 e. The van der Waals surface area contributed by atoms with Gasteiger partial charge in [-0.05, 0) is 33.4 Å². The van der Waals surface area contributed by atoms with Crippen LogP contribution in [0.4, 0.5) is 5.69 Å². The van der Waals surface area contributed by atoms with E-state index in [-0.39, 0.29) is 11.4 Å². The van der Waals surface area contributed by atoms with Crippen molar-refractivity contribution in [3.05, 3.63) is 24.0 Å². The highest BCUT2D eigenvalue weighted by atomic mass is 16.1. The van der Waals surface area contributed by atoms with Gasteiger partial charge >= 0.3 is 0 Å². The van der Waals surface area contributed by atoms with Gasteiger partial charge in [-0.25, -0.2) is 0 Å². The van der Waals surface area contributed by atoms with Gasteiger partial charge in [0.25, 0.3) is 5.91 Å². The van der Waals surface area contributed by atoms with Crippen LogP contribution in [0.3, 0.4) is 0 Å². The molecule has 1 N–H and O–H groups in total. The lowest BCUT2D eigenvalue weighted by atomic mass is 10.1. The van der Waals surface area contributed by atoms with Crippen LogP contribution in [0.15, 0.2) is 18.5 Å². The van der Waals surface area contributed by atoms with Crippen molar-refractivity contribution in [2.45, 2.75) is 33.2 Å². The van der Waals surface area contributed by atoms with Crippen LogP contribution in [0.2, 0.25) is 0 Å². The molecule has 0 saturated carbocycles. The standard InChI is InChI=1S/C16H26N4O/c1-5-19-6-8-20(9-7-19)14-10-13(11-17-12-14)15(21)18-16(2,3)4/h10-12H,5-9H2,1-4H3,(H,18,21). The number of amides is 1. The zero-order valence-electron chi connectivity index (χ0n) is 13.5. The topological polar surface area (TPSA) is 48.5 Å². The molecule has 0 atom stereocenters. The highest BCUT2D eigenvalue weighted by Gasteiger charge is 2.19. The number of rotatable bonds is 3. The monoisotopic (exact) mass is 290 g/mol. The summed E-state index contributed by atoms with van der Waals surface area (Å²) in [6.07, 6.45) is 3.47. The molecule has 0 radical (unpaired) electrons. The second kappa shape index (κ2) is 6.43. The molecule has 0 aromatic carbocycles. The zero-order valence-corrected chi connectivity index (χ0v) is 13.5. The molecule has 0 aliphatic carbocycles. The Morgan fingerprint density at radius 3 is 2.48 bits per heavy atom. The number of carbonyl (C=O) groups is 1. The third kappa shape index (κ3) is 4.43. The number of aromatic nitrogens is 1. The Balaban J connectivity index is 2.06. The van der Waals surface area contributed by atoms with E-state index in [2.05, 4.69) is 27.0 Å². The molecular weight excluding hydrogens is 264 g/mol.